The molecule has 0 atom stereocenters. The molecule has 4 heterocycles. The zero-order valence-electron chi connectivity index (χ0n) is 9.88. The van der Waals surface area contributed by atoms with Gasteiger partial charge in [0, 0.05) is 30.1 Å². The summed E-state index contributed by atoms with van der Waals surface area (Å²) in [6.07, 6.45) is 7.38. The van der Waals surface area contributed by atoms with E-state index in [1.165, 1.54) is 5.56 Å². The third-order valence-electron chi connectivity index (χ3n) is 3.36. The first-order valence-corrected chi connectivity index (χ1v) is 5.93. The predicted octanol–water partition coefficient (Wildman–Crippen LogP) is 2.57. The van der Waals surface area contributed by atoms with Gasteiger partial charge in [-0.2, -0.15) is 0 Å². The highest BCUT2D eigenvalue weighted by Crippen LogP contribution is 2.42. The van der Waals surface area contributed by atoms with E-state index in [1.807, 2.05) is 18.5 Å². The number of fused-ring (bicyclic) bond motifs is 2. The molecule has 5 heteroatoms. The Morgan fingerprint density at radius 3 is 3.11 bits per heavy atom. The van der Waals surface area contributed by atoms with Crippen molar-refractivity contribution in [1.29, 1.82) is 0 Å². The number of nitrogens with zero attached hydrogens (tertiary/aromatic N) is 4. The van der Waals surface area contributed by atoms with Crippen LogP contribution in [0, 0.1) is 0 Å². The van der Waals surface area contributed by atoms with Crippen LogP contribution in [-0.2, 0) is 6.54 Å². The number of pyridine rings is 1. The first-order valence-electron chi connectivity index (χ1n) is 5.93. The summed E-state index contributed by atoms with van der Waals surface area (Å²) in [4.78, 5) is 12.9. The van der Waals surface area contributed by atoms with Gasteiger partial charge in [-0.1, -0.05) is 0 Å². The molecule has 0 aromatic carbocycles. The first-order chi connectivity index (χ1) is 8.88. The van der Waals surface area contributed by atoms with Gasteiger partial charge in [0.1, 0.15) is 17.8 Å². The molecule has 0 fully saturated rings. The maximum absolute atomic E-state index is 4.38. The van der Waals surface area contributed by atoms with Crippen LogP contribution >= 0.6 is 0 Å². The third kappa shape index (κ3) is 1.08. The summed E-state index contributed by atoms with van der Waals surface area (Å²) in [6.45, 7) is 3.01. The normalized spacial score (nSPS) is 12.3. The van der Waals surface area contributed by atoms with Crippen molar-refractivity contribution in [2.24, 2.45) is 0 Å². The van der Waals surface area contributed by atoms with Gasteiger partial charge < -0.3 is 9.88 Å². The van der Waals surface area contributed by atoms with Crippen molar-refractivity contribution in [2.45, 2.75) is 13.5 Å². The average molecular weight is 237 g/mol. The molecule has 0 amide bonds. The molecule has 1 aliphatic heterocycles. The maximum atomic E-state index is 4.38. The summed E-state index contributed by atoms with van der Waals surface area (Å²) in [6, 6.07) is 2.02. The lowest BCUT2D eigenvalue weighted by Gasteiger charge is -2.16. The van der Waals surface area contributed by atoms with Crippen LogP contribution in [0.2, 0.25) is 0 Å². The number of rotatable bonds is 1. The molecule has 0 aliphatic carbocycles. The first kappa shape index (κ1) is 9.58. The monoisotopic (exact) mass is 237 g/mol. The van der Waals surface area contributed by atoms with Gasteiger partial charge in [0.25, 0.3) is 0 Å². The zero-order valence-corrected chi connectivity index (χ0v) is 9.88. The smallest absolute Gasteiger partial charge is 0.146 e. The number of aryl methyl sites for hydroxylation is 1. The molecule has 5 nitrogen and oxygen atoms in total. The number of aromatic nitrogens is 4. The summed E-state index contributed by atoms with van der Waals surface area (Å²) in [5.74, 6) is 0.864. The molecule has 1 aliphatic rings. The summed E-state index contributed by atoms with van der Waals surface area (Å²) in [7, 11) is 0. The molecule has 0 radical (unpaired) electrons. The Hall–Kier alpha value is -2.43. The van der Waals surface area contributed by atoms with Gasteiger partial charge in [-0.15, -0.1) is 0 Å². The fraction of sp³-hybridized carbons (Fsp3) is 0.154. The largest absolute Gasteiger partial charge is 0.338 e. The molecule has 18 heavy (non-hydrogen) atoms. The second-order valence-corrected chi connectivity index (χ2v) is 4.30. The quantitative estimate of drug-likeness (QED) is 0.552. The Balaban J connectivity index is 2.17. The van der Waals surface area contributed by atoms with Crippen molar-refractivity contribution in [2.75, 3.05) is 5.32 Å². The highest BCUT2D eigenvalue weighted by molar-refractivity contribution is 6.08. The van der Waals surface area contributed by atoms with Crippen LogP contribution in [-0.4, -0.2) is 19.5 Å². The second-order valence-electron chi connectivity index (χ2n) is 4.30. The van der Waals surface area contributed by atoms with Gasteiger partial charge in [-0.25, -0.2) is 9.97 Å². The molecule has 0 unspecified atom stereocenters. The van der Waals surface area contributed by atoms with E-state index in [1.54, 1.807) is 6.33 Å². The minimum atomic E-state index is 0.864. The van der Waals surface area contributed by atoms with Gasteiger partial charge in [0.05, 0.1) is 17.3 Å². The van der Waals surface area contributed by atoms with Crippen LogP contribution in [0.4, 0.5) is 11.5 Å². The molecule has 0 bridgehead atoms. The molecular weight excluding hydrogens is 226 g/mol. The average Bonchev–Trinajstić information content (AvgIpc) is 2.80. The van der Waals surface area contributed by atoms with Gasteiger partial charge in [0.15, 0.2) is 0 Å². The minimum absolute atomic E-state index is 0.864. The van der Waals surface area contributed by atoms with E-state index in [0.717, 1.165) is 34.6 Å². The number of hydrogen-bond acceptors (Lipinski definition) is 4. The number of hydrogen-bond donors (Lipinski definition) is 1. The van der Waals surface area contributed by atoms with Gasteiger partial charge >= 0.3 is 0 Å². The Kier molecular flexibility index (Phi) is 1.75. The third-order valence-corrected chi connectivity index (χ3v) is 3.36. The van der Waals surface area contributed by atoms with Crippen molar-refractivity contribution >= 4 is 22.5 Å². The molecule has 88 valence electrons. The summed E-state index contributed by atoms with van der Waals surface area (Å²) >= 11 is 0. The van der Waals surface area contributed by atoms with Crippen molar-refractivity contribution in [1.82, 2.24) is 19.5 Å². The molecular formula is C13H11N5. The van der Waals surface area contributed by atoms with E-state index < -0.39 is 0 Å². The zero-order chi connectivity index (χ0) is 12.1. The summed E-state index contributed by atoms with van der Waals surface area (Å²) < 4.78 is 2.15. The standard InChI is InChI=1S/C13H11N5/c1-2-18-6-9-8-3-4-14-5-10(8)17-12-11(9)13(18)16-7-15-12/h3-7H,2H2,1H3,(H,15,16,17). The summed E-state index contributed by atoms with van der Waals surface area (Å²) in [5.41, 5.74) is 4.31. The van der Waals surface area contributed by atoms with E-state index >= 15 is 0 Å². The molecule has 3 aromatic heterocycles. The van der Waals surface area contributed by atoms with Crippen LogP contribution in [0.3, 0.4) is 0 Å². The Morgan fingerprint density at radius 1 is 1.28 bits per heavy atom. The number of nitrogens with one attached hydrogen (secondary N) is 1. The Labute approximate surface area is 104 Å². The lowest BCUT2D eigenvalue weighted by atomic mass is 10.0. The highest BCUT2D eigenvalue weighted by atomic mass is 15.1. The van der Waals surface area contributed by atoms with Crippen LogP contribution < -0.4 is 5.32 Å². The van der Waals surface area contributed by atoms with Crippen LogP contribution in [0.15, 0.2) is 31.0 Å². The van der Waals surface area contributed by atoms with E-state index in [0.29, 0.717) is 0 Å². The molecule has 4 rings (SSSR count). The molecule has 1 N–H and O–H groups in total. The molecule has 0 spiro atoms. The topological polar surface area (TPSA) is 55.6 Å². The SMILES string of the molecule is CCn1cc2c3c(ncnc31)Nc1cnccc1-2. The van der Waals surface area contributed by atoms with Crippen LogP contribution in [0.1, 0.15) is 6.92 Å². The van der Waals surface area contributed by atoms with Crippen molar-refractivity contribution < 1.29 is 0 Å². The maximum Gasteiger partial charge on any atom is 0.146 e. The summed E-state index contributed by atoms with van der Waals surface area (Å²) in [5, 5.41) is 4.41. The van der Waals surface area contributed by atoms with Crippen molar-refractivity contribution in [3.63, 3.8) is 0 Å². The Bertz CT molecular complexity index is 759. The minimum Gasteiger partial charge on any atom is -0.338 e. The van der Waals surface area contributed by atoms with Crippen molar-refractivity contribution in [3.05, 3.63) is 31.0 Å². The van der Waals surface area contributed by atoms with E-state index in [9.17, 15) is 0 Å². The molecule has 3 aromatic rings. The van der Waals surface area contributed by atoms with E-state index in [4.69, 9.17) is 0 Å². The van der Waals surface area contributed by atoms with Crippen molar-refractivity contribution in [3.8, 4) is 11.1 Å². The van der Waals surface area contributed by atoms with Gasteiger partial charge in [-0.05, 0) is 13.0 Å². The van der Waals surface area contributed by atoms with Gasteiger partial charge in [-0.3, -0.25) is 4.98 Å². The fourth-order valence-electron chi connectivity index (χ4n) is 2.52. The van der Waals surface area contributed by atoms with Crippen LogP contribution in [0.5, 0.6) is 0 Å². The van der Waals surface area contributed by atoms with E-state index in [-0.39, 0.29) is 0 Å². The van der Waals surface area contributed by atoms with Gasteiger partial charge in [0.2, 0.25) is 0 Å². The van der Waals surface area contributed by atoms with E-state index in [2.05, 4.69) is 38.0 Å². The fourth-order valence-corrected chi connectivity index (χ4v) is 2.52. The second kappa shape index (κ2) is 3.29. The Morgan fingerprint density at radius 2 is 2.22 bits per heavy atom. The molecule has 0 saturated carbocycles. The number of anilines is 2. The van der Waals surface area contributed by atoms with Crippen LogP contribution in [0.25, 0.3) is 22.2 Å². The lowest BCUT2D eigenvalue weighted by molar-refractivity contribution is 0.787. The lowest BCUT2D eigenvalue weighted by Crippen LogP contribution is -2.02. The highest BCUT2D eigenvalue weighted by Gasteiger charge is 2.22. The molecule has 0 saturated heterocycles. The predicted molar refractivity (Wildman–Crippen MR) is 69.7 cm³/mol.